The molecule has 0 heteroatoms. The van der Waals surface area contributed by atoms with E-state index in [4.69, 9.17) is 0 Å². The van der Waals surface area contributed by atoms with E-state index in [1.807, 2.05) is 0 Å². The molecular formula is C24H36. The van der Waals surface area contributed by atoms with Crippen molar-refractivity contribution in [3.05, 3.63) is 69.8 Å². The maximum absolute atomic E-state index is 2.35. The lowest BCUT2D eigenvalue weighted by molar-refractivity contribution is 0.981. The molecule has 0 unspecified atom stereocenters. The minimum atomic E-state index is 1.15. The fourth-order valence-electron chi connectivity index (χ4n) is 3.38. The van der Waals surface area contributed by atoms with Crippen LogP contribution in [-0.2, 0) is 38.5 Å². The molecule has 0 aliphatic heterocycles. The van der Waals surface area contributed by atoms with E-state index >= 15 is 0 Å². The summed E-state index contributed by atoms with van der Waals surface area (Å²) in [7, 11) is 0. The first kappa shape index (κ1) is 20.5. The van der Waals surface area contributed by atoms with E-state index in [0.29, 0.717) is 0 Å². The number of hydrogen-bond donors (Lipinski definition) is 0. The van der Waals surface area contributed by atoms with Crippen LogP contribution >= 0.6 is 0 Å². The van der Waals surface area contributed by atoms with E-state index in [1.54, 1.807) is 5.56 Å². The van der Waals surface area contributed by atoms with Crippen LogP contribution in [0.15, 0.2) is 36.4 Å². The second kappa shape index (κ2) is 11.1. The van der Waals surface area contributed by atoms with Crippen LogP contribution in [0, 0.1) is 0 Å². The fraction of sp³-hybridized carbons (Fsp3) is 0.500. The Balaban J connectivity index is 0.000000240. The monoisotopic (exact) mass is 324 g/mol. The van der Waals surface area contributed by atoms with Crippen molar-refractivity contribution in [2.45, 2.75) is 80.1 Å². The van der Waals surface area contributed by atoms with Gasteiger partial charge in [-0.05, 0) is 71.9 Å². The van der Waals surface area contributed by atoms with E-state index in [2.05, 4.69) is 77.9 Å². The van der Waals surface area contributed by atoms with Gasteiger partial charge in [0.05, 0.1) is 0 Å². The topological polar surface area (TPSA) is 0 Å². The molecule has 132 valence electrons. The Bertz CT molecular complexity index is 582. The molecule has 0 spiro atoms. The molecule has 0 bridgehead atoms. The molecule has 0 aromatic heterocycles. The van der Waals surface area contributed by atoms with E-state index in [0.717, 1.165) is 32.1 Å². The highest BCUT2D eigenvalue weighted by molar-refractivity contribution is 5.35. The highest BCUT2D eigenvalue weighted by atomic mass is 14.1. The van der Waals surface area contributed by atoms with Crippen LogP contribution in [0.25, 0.3) is 0 Å². The van der Waals surface area contributed by atoms with Crippen LogP contribution in [-0.4, -0.2) is 0 Å². The van der Waals surface area contributed by atoms with Crippen molar-refractivity contribution >= 4 is 0 Å². The summed E-state index contributed by atoms with van der Waals surface area (Å²) in [6.07, 6.45) is 6.97. The average molecular weight is 325 g/mol. The summed E-state index contributed by atoms with van der Waals surface area (Å²) >= 11 is 0. The van der Waals surface area contributed by atoms with Crippen molar-refractivity contribution in [3.8, 4) is 0 Å². The Kier molecular flexibility index (Phi) is 9.45. The SMILES string of the molecule is CCc1ccc(CC)c(CC)c1.CCc1cccc(CC)c1CC. The molecule has 0 amide bonds. The van der Waals surface area contributed by atoms with Gasteiger partial charge >= 0.3 is 0 Å². The van der Waals surface area contributed by atoms with E-state index in [1.165, 1.54) is 34.2 Å². The molecular weight excluding hydrogens is 288 g/mol. The van der Waals surface area contributed by atoms with Gasteiger partial charge in [-0.3, -0.25) is 0 Å². The van der Waals surface area contributed by atoms with Gasteiger partial charge < -0.3 is 0 Å². The highest BCUT2D eigenvalue weighted by Crippen LogP contribution is 2.16. The summed E-state index contributed by atoms with van der Waals surface area (Å²) in [6, 6.07) is 13.5. The smallest absolute Gasteiger partial charge is 0.0302 e. The van der Waals surface area contributed by atoms with Crippen molar-refractivity contribution in [3.63, 3.8) is 0 Å². The van der Waals surface area contributed by atoms with Gasteiger partial charge in [0.25, 0.3) is 0 Å². The van der Waals surface area contributed by atoms with Gasteiger partial charge in [-0.25, -0.2) is 0 Å². The zero-order valence-electron chi connectivity index (χ0n) is 16.7. The van der Waals surface area contributed by atoms with Gasteiger partial charge in [0.2, 0.25) is 0 Å². The van der Waals surface area contributed by atoms with Crippen molar-refractivity contribution < 1.29 is 0 Å². The van der Waals surface area contributed by atoms with Crippen LogP contribution in [0.2, 0.25) is 0 Å². The van der Waals surface area contributed by atoms with Crippen molar-refractivity contribution in [2.24, 2.45) is 0 Å². The Morgan fingerprint density at radius 2 is 1.04 bits per heavy atom. The van der Waals surface area contributed by atoms with E-state index in [9.17, 15) is 0 Å². The number of aryl methyl sites for hydroxylation is 5. The van der Waals surface area contributed by atoms with Crippen molar-refractivity contribution in [1.82, 2.24) is 0 Å². The Labute approximate surface area is 150 Å². The molecule has 0 aliphatic carbocycles. The highest BCUT2D eigenvalue weighted by Gasteiger charge is 2.02. The van der Waals surface area contributed by atoms with E-state index in [-0.39, 0.29) is 0 Å². The van der Waals surface area contributed by atoms with Gasteiger partial charge in [0.1, 0.15) is 0 Å². The molecule has 0 aliphatic rings. The van der Waals surface area contributed by atoms with Gasteiger partial charge in [-0.15, -0.1) is 0 Å². The first-order chi connectivity index (χ1) is 11.6. The number of hydrogen-bond acceptors (Lipinski definition) is 0. The zero-order chi connectivity index (χ0) is 17.9. The molecule has 2 aromatic rings. The lowest BCUT2D eigenvalue weighted by atomic mass is 9.96. The number of rotatable bonds is 6. The Morgan fingerprint density at radius 3 is 1.46 bits per heavy atom. The summed E-state index contributed by atoms with van der Waals surface area (Å²) < 4.78 is 0. The maximum atomic E-state index is 2.35. The molecule has 0 saturated heterocycles. The summed E-state index contributed by atoms with van der Waals surface area (Å²) in [5, 5.41) is 0. The maximum Gasteiger partial charge on any atom is -0.0302 e. The van der Waals surface area contributed by atoms with Gasteiger partial charge in [0, 0.05) is 0 Å². The summed E-state index contributed by atoms with van der Waals surface area (Å²) in [5.74, 6) is 0. The normalized spacial score (nSPS) is 10.2. The van der Waals surface area contributed by atoms with Crippen LogP contribution in [0.3, 0.4) is 0 Å². The molecule has 0 radical (unpaired) electrons. The summed E-state index contributed by atoms with van der Waals surface area (Å²) in [6.45, 7) is 13.4. The third-order valence-electron chi connectivity index (χ3n) is 4.93. The lowest BCUT2D eigenvalue weighted by Gasteiger charge is -2.10. The molecule has 0 nitrogen and oxygen atoms in total. The van der Waals surface area contributed by atoms with Crippen LogP contribution in [0.5, 0.6) is 0 Å². The third-order valence-corrected chi connectivity index (χ3v) is 4.93. The van der Waals surface area contributed by atoms with Crippen molar-refractivity contribution in [1.29, 1.82) is 0 Å². The van der Waals surface area contributed by atoms with Gasteiger partial charge in [-0.2, -0.15) is 0 Å². The second-order valence-corrected chi connectivity index (χ2v) is 6.28. The largest absolute Gasteiger partial charge is 0.0617 e. The predicted molar refractivity (Wildman–Crippen MR) is 109 cm³/mol. The molecule has 0 fully saturated rings. The zero-order valence-corrected chi connectivity index (χ0v) is 16.7. The van der Waals surface area contributed by atoms with Gasteiger partial charge in [0.15, 0.2) is 0 Å². The Hall–Kier alpha value is -1.56. The molecule has 0 N–H and O–H groups in total. The van der Waals surface area contributed by atoms with Crippen molar-refractivity contribution in [2.75, 3.05) is 0 Å². The lowest BCUT2D eigenvalue weighted by Crippen LogP contribution is -1.96. The number of benzene rings is 2. The van der Waals surface area contributed by atoms with Crippen LogP contribution in [0.4, 0.5) is 0 Å². The molecule has 2 aromatic carbocycles. The average Bonchev–Trinajstić information content (AvgIpc) is 2.66. The molecule has 0 heterocycles. The van der Waals surface area contributed by atoms with E-state index < -0.39 is 0 Å². The molecule has 24 heavy (non-hydrogen) atoms. The molecule has 0 atom stereocenters. The quantitative estimate of drug-likeness (QED) is 0.551. The van der Waals surface area contributed by atoms with Crippen LogP contribution in [0.1, 0.15) is 74.9 Å². The van der Waals surface area contributed by atoms with Crippen LogP contribution < -0.4 is 0 Å². The third kappa shape index (κ3) is 5.51. The summed E-state index contributed by atoms with van der Waals surface area (Å²) in [5.41, 5.74) is 9.12. The second-order valence-electron chi connectivity index (χ2n) is 6.28. The fourth-order valence-corrected chi connectivity index (χ4v) is 3.38. The summed E-state index contributed by atoms with van der Waals surface area (Å²) in [4.78, 5) is 0. The minimum Gasteiger partial charge on any atom is -0.0617 e. The van der Waals surface area contributed by atoms with Gasteiger partial charge in [-0.1, -0.05) is 77.9 Å². The first-order valence-corrected chi connectivity index (χ1v) is 9.85. The first-order valence-electron chi connectivity index (χ1n) is 9.85. The minimum absolute atomic E-state index is 1.15. The molecule has 0 saturated carbocycles. The standard InChI is InChI=1S/2C12H18/c1-4-10-7-8-11(5-2)12(6-3)9-10;1-4-10-8-7-9-11(5-2)12(10)6-3/h2*7-9H,4-6H2,1-3H3. The predicted octanol–water partition coefficient (Wildman–Crippen LogP) is 6.75. The Morgan fingerprint density at radius 1 is 0.500 bits per heavy atom. The molecule has 2 rings (SSSR count).